The summed E-state index contributed by atoms with van der Waals surface area (Å²) in [5.74, 6) is 0.0980. The first-order valence-corrected chi connectivity index (χ1v) is 5.70. The first-order chi connectivity index (χ1) is 7.89. The highest BCUT2D eigenvalue weighted by Gasteiger charge is 2.34. The molecule has 0 radical (unpaired) electrons. The number of carbonyl (C=O) groups excluding carboxylic acids is 1. The van der Waals surface area contributed by atoms with E-state index in [1.807, 2.05) is 0 Å². The molecule has 0 aromatic heterocycles. The summed E-state index contributed by atoms with van der Waals surface area (Å²) in [7, 11) is 0. The van der Waals surface area contributed by atoms with E-state index in [0.717, 1.165) is 0 Å². The summed E-state index contributed by atoms with van der Waals surface area (Å²) in [4.78, 5) is 13.8. The van der Waals surface area contributed by atoms with Gasteiger partial charge in [-0.3, -0.25) is 4.79 Å². The van der Waals surface area contributed by atoms with Gasteiger partial charge in [-0.05, 0) is 44.0 Å². The van der Waals surface area contributed by atoms with Gasteiger partial charge < -0.3 is 15.1 Å². The zero-order valence-electron chi connectivity index (χ0n) is 10.1. The number of β-amino-alcohol motifs (C(OH)–C–C–N with tert-alkyl or cyclic N) is 1. The molecule has 0 aliphatic carbocycles. The van der Waals surface area contributed by atoms with Crippen molar-refractivity contribution in [2.75, 3.05) is 13.1 Å². The molecule has 1 amide bonds. The van der Waals surface area contributed by atoms with Gasteiger partial charge in [-0.2, -0.15) is 0 Å². The Labute approximate surface area is 100 Å². The highest BCUT2D eigenvalue weighted by atomic mass is 16.3. The van der Waals surface area contributed by atoms with Crippen molar-refractivity contribution in [2.24, 2.45) is 0 Å². The molecule has 4 nitrogen and oxygen atoms in total. The van der Waals surface area contributed by atoms with Crippen LogP contribution in [0, 0.1) is 6.92 Å². The Balaban J connectivity index is 2.18. The average molecular weight is 235 g/mol. The first-order valence-electron chi connectivity index (χ1n) is 5.70. The third kappa shape index (κ3) is 2.42. The van der Waals surface area contributed by atoms with Crippen molar-refractivity contribution in [1.82, 2.24) is 4.90 Å². The molecule has 1 atom stereocenters. The Morgan fingerprint density at radius 3 is 2.71 bits per heavy atom. The fraction of sp³-hybridized carbons (Fsp3) is 0.462. The molecule has 1 saturated heterocycles. The maximum atomic E-state index is 12.1. The Kier molecular flexibility index (Phi) is 2.83. The number of nitrogens with zero attached hydrogens (tertiary/aromatic N) is 1. The molecule has 4 heteroatoms. The van der Waals surface area contributed by atoms with Crippen molar-refractivity contribution < 1.29 is 15.0 Å². The van der Waals surface area contributed by atoms with Crippen molar-refractivity contribution >= 4 is 5.91 Å². The van der Waals surface area contributed by atoms with Crippen molar-refractivity contribution in [3.63, 3.8) is 0 Å². The lowest BCUT2D eigenvalue weighted by atomic mass is 10.1. The molecule has 0 spiro atoms. The van der Waals surface area contributed by atoms with Crippen LogP contribution in [0.4, 0.5) is 0 Å². The van der Waals surface area contributed by atoms with Crippen LogP contribution in [-0.2, 0) is 0 Å². The maximum Gasteiger partial charge on any atom is 0.253 e. The SMILES string of the molecule is Cc1cc(C(=O)N2CCC(C)(O)C2)ccc1O. The van der Waals surface area contributed by atoms with E-state index in [1.54, 1.807) is 30.9 Å². The molecule has 1 aromatic rings. The minimum Gasteiger partial charge on any atom is -0.508 e. The molecule has 2 N–H and O–H groups in total. The predicted molar refractivity (Wildman–Crippen MR) is 64.0 cm³/mol. The summed E-state index contributed by atoms with van der Waals surface area (Å²) in [5, 5.41) is 19.2. The number of phenolic OH excluding ortho intramolecular Hbond substituents is 1. The van der Waals surface area contributed by atoms with E-state index in [1.165, 1.54) is 6.07 Å². The molecule has 1 aliphatic rings. The van der Waals surface area contributed by atoms with E-state index in [-0.39, 0.29) is 11.7 Å². The summed E-state index contributed by atoms with van der Waals surface area (Å²) in [6.45, 7) is 4.44. The van der Waals surface area contributed by atoms with Crippen LogP contribution in [0.25, 0.3) is 0 Å². The third-order valence-electron chi connectivity index (χ3n) is 3.18. The number of hydrogen-bond donors (Lipinski definition) is 2. The van der Waals surface area contributed by atoms with Gasteiger partial charge in [0.05, 0.1) is 5.60 Å². The van der Waals surface area contributed by atoms with Crippen LogP contribution in [0.2, 0.25) is 0 Å². The van der Waals surface area contributed by atoms with Crippen LogP contribution in [0.1, 0.15) is 29.3 Å². The average Bonchev–Trinajstić information content (AvgIpc) is 2.62. The van der Waals surface area contributed by atoms with Crippen molar-refractivity contribution in [3.8, 4) is 5.75 Å². The number of likely N-dealkylation sites (tertiary alicyclic amines) is 1. The molecule has 1 heterocycles. The van der Waals surface area contributed by atoms with E-state index in [4.69, 9.17) is 0 Å². The number of aliphatic hydroxyl groups is 1. The van der Waals surface area contributed by atoms with E-state index in [0.29, 0.717) is 30.6 Å². The van der Waals surface area contributed by atoms with Gasteiger partial charge in [-0.1, -0.05) is 0 Å². The number of aromatic hydroxyl groups is 1. The Bertz CT molecular complexity index is 454. The van der Waals surface area contributed by atoms with Gasteiger partial charge in [-0.15, -0.1) is 0 Å². The van der Waals surface area contributed by atoms with Crippen molar-refractivity contribution in [2.45, 2.75) is 25.9 Å². The van der Waals surface area contributed by atoms with Gasteiger partial charge in [-0.25, -0.2) is 0 Å². The summed E-state index contributed by atoms with van der Waals surface area (Å²) in [6.07, 6.45) is 0.607. The molecular weight excluding hydrogens is 218 g/mol. The van der Waals surface area contributed by atoms with Gasteiger partial charge >= 0.3 is 0 Å². The first kappa shape index (κ1) is 11.9. The predicted octanol–water partition coefficient (Wildman–Crippen LogP) is 1.30. The fourth-order valence-corrected chi connectivity index (χ4v) is 2.09. The fourth-order valence-electron chi connectivity index (χ4n) is 2.09. The number of carbonyl (C=O) groups is 1. The Morgan fingerprint density at radius 1 is 1.47 bits per heavy atom. The van der Waals surface area contributed by atoms with E-state index in [9.17, 15) is 15.0 Å². The highest BCUT2D eigenvalue weighted by molar-refractivity contribution is 5.94. The zero-order chi connectivity index (χ0) is 12.6. The second kappa shape index (κ2) is 4.04. The zero-order valence-corrected chi connectivity index (χ0v) is 10.1. The molecule has 17 heavy (non-hydrogen) atoms. The van der Waals surface area contributed by atoms with E-state index >= 15 is 0 Å². The minimum atomic E-state index is -0.776. The van der Waals surface area contributed by atoms with E-state index < -0.39 is 5.60 Å². The standard InChI is InChI=1S/C13H17NO3/c1-9-7-10(3-4-11(9)15)12(16)14-6-5-13(2,17)8-14/h3-4,7,15,17H,5-6,8H2,1-2H3. The molecule has 1 aromatic carbocycles. The summed E-state index contributed by atoms with van der Waals surface area (Å²) >= 11 is 0. The van der Waals surface area contributed by atoms with Crippen LogP contribution < -0.4 is 0 Å². The number of benzene rings is 1. The van der Waals surface area contributed by atoms with Gasteiger partial charge in [0.25, 0.3) is 5.91 Å². The molecule has 1 fully saturated rings. The van der Waals surface area contributed by atoms with Gasteiger partial charge in [0, 0.05) is 18.7 Å². The molecule has 1 aliphatic heterocycles. The number of hydrogen-bond acceptors (Lipinski definition) is 3. The van der Waals surface area contributed by atoms with Gasteiger partial charge in [0.15, 0.2) is 0 Å². The van der Waals surface area contributed by atoms with Crippen LogP contribution in [0.5, 0.6) is 5.75 Å². The van der Waals surface area contributed by atoms with Crippen molar-refractivity contribution in [3.05, 3.63) is 29.3 Å². The monoisotopic (exact) mass is 235 g/mol. The number of aryl methyl sites for hydroxylation is 1. The van der Waals surface area contributed by atoms with Crippen molar-refractivity contribution in [1.29, 1.82) is 0 Å². The van der Waals surface area contributed by atoms with Crippen LogP contribution >= 0.6 is 0 Å². The lowest BCUT2D eigenvalue weighted by Crippen LogP contribution is -2.33. The quantitative estimate of drug-likeness (QED) is 0.771. The summed E-state index contributed by atoms with van der Waals surface area (Å²) < 4.78 is 0. The van der Waals surface area contributed by atoms with Crippen LogP contribution in [0.15, 0.2) is 18.2 Å². The molecule has 1 unspecified atom stereocenters. The molecule has 0 saturated carbocycles. The minimum absolute atomic E-state index is 0.0918. The molecular formula is C13H17NO3. The summed E-state index contributed by atoms with van der Waals surface area (Å²) in [6, 6.07) is 4.80. The maximum absolute atomic E-state index is 12.1. The molecule has 92 valence electrons. The number of rotatable bonds is 1. The smallest absolute Gasteiger partial charge is 0.253 e. The normalized spacial score (nSPS) is 24.1. The Hall–Kier alpha value is -1.55. The second-order valence-electron chi connectivity index (χ2n) is 4.97. The Morgan fingerprint density at radius 2 is 2.18 bits per heavy atom. The largest absolute Gasteiger partial charge is 0.508 e. The van der Waals surface area contributed by atoms with Gasteiger partial charge in [0.1, 0.15) is 5.75 Å². The summed E-state index contributed by atoms with van der Waals surface area (Å²) in [5.41, 5.74) is 0.460. The lowest BCUT2D eigenvalue weighted by molar-refractivity contribution is 0.0572. The number of amides is 1. The molecule has 0 bridgehead atoms. The second-order valence-corrected chi connectivity index (χ2v) is 4.97. The third-order valence-corrected chi connectivity index (χ3v) is 3.18. The molecule has 2 rings (SSSR count). The van der Waals surface area contributed by atoms with Gasteiger partial charge in [0.2, 0.25) is 0 Å². The topological polar surface area (TPSA) is 60.8 Å². The van der Waals surface area contributed by atoms with E-state index in [2.05, 4.69) is 0 Å². The van der Waals surface area contributed by atoms with Crippen LogP contribution in [0.3, 0.4) is 0 Å². The van der Waals surface area contributed by atoms with Crippen LogP contribution in [-0.4, -0.2) is 39.7 Å². The lowest BCUT2D eigenvalue weighted by Gasteiger charge is -2.19. The number of phenols is 1. The highest BCUT2D eigenvalue weighted by Crippen LogP contribution is 2.23.